The summed E-state index contributed by atoms with van der Waals surface area (Å²) in [6.07, 6.45) is 1.83. The molecule has 1 N–H and O–H groups in total. The van der Waals surface area contributed by atoms with Crippen LogP contribution in [0.5, 0.6) is 5.75 Å². The van der Waals surface area contributed by atoms with E-state index in [1.807, 2.05) is 21.1 Å². The highest BCUT2D eigenvalue weighted by atomic mass is 32.2. The molecule has 1 aromatic heterocycles. The molecule has 276 valence electrons. The second-order valence-corrected chi connectivity index (χ2v) is 16.5. The summed E-state index contributed by atoms with van der Waals surface area (Å²) in [5, 5.41) is 9.97. The van der Waals surface area contributed by atoms with Crippen molar-refractivity contribution in [3.8, 4) is 11.4 Å². The lowest BCUT2D eigenvalue weighted by Crippen LogP contribution is -2.43. The Labute approximate surface area is 298 Å². The Bertz CT molecular complexity index is 1990. The smallest absolute Gasteiger partial charge is 0.322 e. The van der Waals surface area contributed by atoms with Crippen LogP contribution in [0.25, 0.3) is 5.69 Å². The highest BCUT2D eigenvalue weighted by molar-refractivity contribution is 7.98. The number of rotatable bonds is 15. The topological polar surface area (TPSA) is 102 Å². The molecule has 9 nitrogen and oxygen atoms in total. The zero-order chi connectivity index (χ0) is 38.1. The largest absolute Gasteiger partial charge is 0.494 e. The molecule has 0 radical (unpaired) electrons. The zero-order valence-electron chi connectivity index (χ0n) is 29.2. The highest BCUT2D eigenvalue weighted by Gasteiger charge is 2.35. The van der Waals surface area contributed by atoms with Crippen LogP contribution in [-0.2, 0) is 26.0 Å². The van der Waals surface area contributed by atoms with E-state index in [9.17, 15) is 31.5 Å². The van der Waals surface area contributed by atoms with Crippen molar-refractivity contribution in [2.45, 2.75) is 54.0 Å². The third-order valence-corrected chi connectivity index (χ3v) is 11.4. The molecule has 1 atom stereocenters. The van der Waals surface area contributed by atoms with Gasteiger partial charge in [-0.3, -0.25) is 9.36 Å². The van der Waals surface area contributed by atoms with Gasteiger partial charge in [0, 0.05) is 29.5 Å². The van der Waals surface area contributed by atoms with Gasteiger partial charge in [-0.1, -0.05) is 25.6 Å². The Morgan fingerprint density at radius 1 is 1.02 bits per heavy atom. The lowest BCUT2D eigenvalue weighted by atomic mass is 9.81. The third-order valence-electron chi connectivity index (χ3n) is 8.56. The monoisotopic (exact) mass is 755 g/mol. The summed E-state index contributed by atoms with van der Waals surface area (Å²) in [5.74, 6) is -7.26. The summed E-state index contributed by atoms with van der Waals surface area (Å²) in [4.78, 5) is 15.7. The van der Waals surface area contributed by atoms with Gasteiger partial charge in [-0.2, -0.15) is 8.70 Å². The van der Waals surface area contributed by atoms with E-state index in [1.54, 1.807) is 18.4 Å². The van der Waals surface area contributed by atoms with Crippen LogP contribution in [0.2, 0.25) is 0 Å². The van der Waals surface area contributed by atoms with Gasteiger partial charge in [0.2, 0.25) is 15.8 Å². The van der Waals surface area contributed by atoms with Gasteiger partial charge in [-0.25, -0.2) is 31.0 Å². The molecule has 16 heteroatoms. The van der Waals surface area contributed by atoms with E-state index >= 15 is 8.78 Å². The van der Waals surface area contributed by atoms with Crippen molar-refractivity contribution in [2.75, 3.05) is 41.8 Å². The minimum absolute atomic E-state index is 0.0105. The third kappa shape index (κ3) is 8.73. The molecule has 4 aromatic rings. The van der Waals surface area contributed by atoms with Crippen molar-refractivity contribution in [3.05, 3.63) is 101 Å². The first kappa shape index (κ1) is 39.8. The lowest BCUT2D eigenvalue weighted by Gasteiger charge is -2.28. The quantitative estimate of drug-likeness (QED) is 0.0814. The summed E-state index contributed by atoms with van der Waals surface area (Å²) in [5.41, 5.74) is -0.381. The van der Waals surface area contributed by atoms with Crippen molar-refractivity contribution >= 4 is 27.8 Å². The molecule has 1 unspecified atom stereocenters. The van der Waals surface area contributed by atoms with Crippen molar-refractivity contribution < 1.29 is 49.5 Å². The van der Waals surface area contributed by atoms with Gasteiger partial charge in [0.05, 0.1) is 51.6 Å². The molecule has 0 amide bonds. The van der Waals surface area contributed by atoms with Crippen LogP contribution < -0.4 is 4.74 Å². The van der Waals surface area contributed by atoms with Crippen LogP contribution in [0.4, 0.5) is 22.0 Å². The number of carbonyl (C=O) groups is 1. The molecule has 0 bridgehead atoms. The number of benzene rings is 3. The van der Waals surface area contributed by atoms with E-state index in [4.69, 9.17) is 4.74 Å². The molecule has 4 rings (SSSR count). The van der Waals surface area contributed by atoms with Gasteiger partial charge in [0.1, 0.15) is 23.5 Å². The normalized spacial score (nSPS) is 13.1. The number of carboxylic acid groups (broad SMARTS) is 1. The van der Waals surface area contributed by atoms with E-state index in [1.165, 1.54) is 43.6 Å². The number of quaternary nitrogens is 1. The molecular formula is C35H40F5N4O5S2+. The molecule has 0 aliphatic rings. The predicted molar refractivity (Wildman–Crippen MR) is 183 cm³/mol. The van der Waals surface area contributed by atoms with Gasteiger partial charge in [0.25, 0.3) is 0 Å². The van der Waals surface area contributed by atoms with Crippen LogP contribution >= 0.6 is 11.8 Å². The number of imidazole rings is 1. The molecule has 1 heterocycles. The number of likely N-dealkylation sites (N-methyl/N-ethyl adjacent to an activating group) is 1. The summed E-state index contributed by atoms with van der Waals surface area (Å²) in [6.45, 7) is 4.02. The molecular weight excluding hydrogens is 716 g/mol. The van der Waals surface area contributed by atoms with Crippen molar-refractivity contribution in [2.24, 2.45) is 0 Å². The fraction of sp³-hybridized carbons (Fsp3) is 0.371. The number of thioether (sulfide) groups is 1. The molecule has 0 fully saturated rings. The summed E-state index contributed by atoms with van der Waals surface area (Å²) in [7, 11) is 3.36. The minimum atomic E-state index is -4.62. The number of halogens is 5. The standard InChI is InChI=1S/C35H39F5N4O5S2/c1-35(2,21-15-28(39)32(40)30(16-21)49-7)31-19-41-34(43(31)23-12-10-22(36)11-13-23)50-20-25-26(37)17-24(18-27(25)38)51(47,48)42(3)29(33(45)46)9-8-14-44(4,5)6/h10-13,15-19,29H,8-9,14,20H2,1-7H3/p+1. The number of aromatic nitrogens is 2. The maximum absolute atomic E-state index is 15.5. The zero-order valence-corrected chi connectivity index (χ0v) is 30.8. The predicted octanol–water partition coefficient (Wildman–Crippen LogP) is 6.75. The number of ether oxygens (including phenoxy) is 1. The van der Waals surface area contributed by atoms with Crippen LogP contribution in [0, 0.1) is 29.1 Å². The maximum atomic E-state index is 15.5. The molecule has 3 aromatic carbocycles. The Hall–Kier alpha value is -3.99. The van der Waals surface area contributed by atoms with Crippen molar-refractivity contribution in [3.63, 3.8) is 0 Å². The summed E-state index contributed by atoms with van der Waals surface area (Å²) in [6, 6.07) is 7.51. The molecule has 0 saturated carbocycles. The van der Waals surface area contributed by atoms with Gasteiger partial charge in [0.15, 0.2) is 16.7 Å². The Morgan fingerprint density at radius 3 is 2.18 bits per heavy atom. The molecule has 0 saturated heterocycles. The Kier molecular flexibility index (Phi) is 12.0. The number of methoxy groups -OCH3 is 1. The number of aliphatic carboxylic acids is 1. The summed E-state index contributed by atoms with van der Waals surface area (Å²) < 4.78 is 108. The molecule has 0 aliphatic carbocycles. The Morgan fingerprint density at radius 2 is 1.63 bits per heavy atom. The number of nitrogens with zero attached hydrogens (tertiary/aromatic N) is 4. The van der Waals surface area contributed by atoms with Crippen molar-refractivity contribution in [1.82, 2.24) is 13.9 Å². The molecule has 51 heavy (non-hydrogen) atoms. The van der Waals surface area contributed by atoms with E-state index < -0.39 is 67.0 Å². The van der Waals surface area contributed by atoms with Crippen LogP contribution in [-0.4, -0.2) is 85.7 Å². The first-order valence-electron chi connectivity index (χ1n) is 15.7. The first-order valence-corrected chi connectivity index (χ1v) is 18.1. The molecule has 0 aliphatic heterocycles. The van der Waals surface area contributed by atoms with Crippen molar-refractivity contribution in [1.29, 1.82) is 0 Å². The average Bonchev–Trinajstić information content (AvgIpc) is 3.48. The number of carboxylic acids is 1. The van der Waals surface area contributed by atoms with Crippen LogP contribution in [0.3, 0.4) is 0 Å². The number of hydrogen-bond donors (Lipinski definition) is 1. The fourth-order valence-electron chi connectivity index (χ4n) is 5.50. The lowest BCUT2D eigenvalue weighted by molar-refractivity contribution is -0.870. The fourth-order valence-corrected chi connectivity index (χ4v) is 7.87. The van der Waals surface area contributed by atoms with Crippen LogP contribution in [0.15, 0.2) is 64.8 Å². The number of sulfonamides is 1. The summed E-state index contributed by atoms with van der Waals surface area (Å²) >= 11 is 0.893. The highest BCUT2D eigenvalue weighted by Crippen LogP contribution is 2.39. The van der Waals surface area contributed by atoms with Gasteiger partial charge >= 0.3 is 5.97 Å². The molecule has 0 spiro atoms. The second-order valence-electron chi connectivity index (χ2n) is 13.5. The van der Waals surface area contributed by atoms with E-state index in [2.05, 4.69) is 4.98 Å². The van der Waals surface area contributed by atoms with E-state index in [0.717, 1.165) is 24.9 Å². The van der Waals surface area contributed by atoms with Crippen LogP contribution in [0.1, 0.15) is 43.5 Å². The van der Waals surface area contributed by atoms with Gasteiger partial charge < -0.3 is 14.3 Å². The second kappa shape index (κ2) is 15.3. The van der Waals surface area contributed by atoms with E-state index in [0.29, 0.717) is 50.8 Å². The average molecular weight is 756 g/mol. The first-order chi connectivity index (χ1) is 23.7. The Balaban J connectivity index is 1.68. The van der Waals surface area contributed by atoms with Gasteiger partial charge in [-0.15, -0.1) is 0 Å². The minimum Gasteiger partial charge on any atom is -0.494 e. The van der Waals surface area contributed by atoms with Gasteiger partial charge in [-0.05, 0) is 66.9 Å². The maximum Gasteiger partial charge on any atom is 0.322 e. The number of hydrogen-bond acceptors (Lipinski definition) is 6. The van der Waals surface area contributed by atoms with E-state index in [-0.39, 0.29) is 23.1 Å². The SMILES string of the molecule is COc1cc(C(C)(C)c2cnc(SCc3c(F)cc(S(=O)(=O)N(C)C(CCC[N+](C)(C)C)C(=O)O)cc3F)n2-c2ccc(F)cc2)cc(F)c1F.